The number of hydrogen-bond acceptors (Lipinski definition) is 2. The van der Waals surface area contributed by atoms with Crippen LogP contribution in [-0.4, -0.2) is 9.97 Å². The van der Waals surface area contributed by atoms with Crippen molar-refractivity contribution in [2.45, 2.75) is 91.4 Å². The Bertz CT molecular complexity index is 1900. The summed E-state index contributed by atoms with van der Waals surface area (Å²) in [6.45, 7) is 20.3. The van der Waals surface area contributed by atoms with E-state index >= 15 is 0 Å². The van der Waals surface area contributed by atoms with Gasteiger partial charge in [-0.05, 0) is 74.5 Å². The van der Waals surface area contributed by atoms with Crippen LogP contribution >= 0.6 is 0 Å². The Hall–Kier alpha value is -3.65. The zero-order valence-electron chi connectivity index (χ0n) is 29.5. The Kier molecular flexibility index (Phi) is 11.3. The van der Waals surface area contributed by atoms with Crippen LogP contribution in [0.1, 0.15) is 91.8 Å². The van der Waals surface area contributed by atoms with Gasteiger partial charge in [0.05, 0.1) is 0 Å². The van der Waals surface area contributed by atoms with Gasteiger partial charge in [-0.25, -0.2) is 0 Å². The number of aromatic nitrogens is 2. The fourth-order valence-corrected chi connectivity index (χ4v) is 5.58. The van der Waals surface area contributed by atoms with Crippen molar-refractivity contribution < 1.29 is 20.1 Å². The summed E-state index contributed by atoms with van der Waals surface area (Å²) in [7, 11) is 0. The summed E-state index contributed by atoms with van der Waals surface area (Å²) in [5, 5.41) is 5.00. The average Bonchev–Trinajstić information content (AvgIpc) is 3.08. The van der Waals surface area contributed by atoms with Crippen molar-refractivity contribution in [2.24, 2.45) is 0 Å². The number of nitrogens with zero attached hydrogens (tertiary/aromatic N) is 2. The van der Waals surface area contributed by atoms with E-state index in [0.29, 0.717) is 0 Å². The third-order valence-electron chi connectivity index (χ3n) is 9.75. The van der Waals surface area contributed by atoms with E-state index in [2.05, 4.69) is 169 Å². The van der Waals surface area contributed by atoms with Gasteiger partial charge in [-0.2, -0.15) is 0 Å². The maximum atomic E-state index is 4.58. The molecule has 2 nitrogen and oxygen atoms in total. The second-order valence-electron chi connectivity index (χ2n) is 14.7. The molecule has 0 aliphatic rings. The molecule has 0 unspecified atom stereocenters. The first-order valence-electron chi connectivity index (χ1n) is 16.6. The molecule has 0 fully saturated rings. The van der Waals surface area contributed by atoms with Crippen LogP contribution in [0.25, 0.3) is 44.1 Å². The first kappa shape index (κ1) is 36.2. The molecule has 3 heteroatoms. The molecule has 0 bridgehead atoms. The SMILES string of the molecule is CC(C)(C)c1ccnc(-c2[c-]cc3ccc4ccccc4c3c2)c1.CCC(C)(C)c1cc[c-]c(-c2cc(C(C)(C)CC)ccn2)c1.[Ir]. The Balaban J connectivity index is 0.000000209. The quantitative estimate of drug-likeness (QED) is 0.124. The van der Waals surface area contributed by atoms with Gasteiger partial charge in [0, 0.05) is 32.5 Å². The van der Waals surface area contributed by atoms with Crippen LogP contribution in [0.15, 0.2) is 103 Å². The summed E-state index contributed by atoms with van der Waals surface area (Å²) < 4.78 is 0. The molecule has 6 aromatic rings. The Morgan fingerprint density at radius 2 is 1.11 bits per heavy atom. The van der Waals surface area contributed by atoms with Crippen molar-refractivity contribution in [3.8, 4) is 22.5 Å². The summed E-state index contributed by atoms with van der Waals surface area (Å²) in [6.07, 6.45) is 6.06. The molecule has 2 heterocycles. The predicted molar refractivity (Wildman–Crippen MR) is 197 cm³/mol. The smallest absolute Gasteiger partial charge is 0.0163 e. The van der Waals surface area contributed by atoms with Gasteiger partial charge in [0.25, 0.3) is 0 Å². The zero-order valence-corrected chi connectivity index (χ0v) is 31.9. The first-order valence-corrected chi connectivity index (χ1v) is 16.6. The van der Waals surface area contributed by atoms with E-state index in [-0.39, 0.29) is 36.4 Å². The third-order valence-corrected chi connectivity index (χ3v) is 9.75. The Labute approximate surface area is 296 Å². The Morgan fingerprint density at radius 1 is 0.553 bits per heavy atom. The fourth-order valence-electron chi connectivity index (χ4n) is 5.58. The molecule has 245 valence electrons. The van der Waals surface area contributed by atoms with Crippen molar-refractivity contribution in [1.82, 2.24) is 9.97 Å². The molecule has 47 heavy (non-hydrogen) atoms. The van der Waals surface area contributed by atoms with E-state index in [0.717, 1.165) is 35.4 Å². The number of pyridine rings is 2. The summed E-state index contributed by atoms with van der Waals surface area (Å²) in [6, 6.07) is 39.0. The fraction of sp³-hybridized carbons (Fsp3) is 0.318. The standard InChI is InChI=1S/C23H20N.C21H28N.Ir/c1-23(2,3)19-12-13-24-22(15-19)18-11-10-17-9-8-16-6-4-5-7-20(16)21(17)14-18;1-7-20(3,4)17-11-9-10-16(14-17)19-15-18(12-13-22-19)21(5,6)8-2;/h4-10,12-15H,1-3H3;9,11-15H,7-8H2,1-6H3;/q2*-1;. The Morgan fingerprint density at radius 3 is 1.74 bits per heavy atom. The molecule has 0 spiro atoms. The van der Waals surface area contributed by atoms with Gasteiger partial charge in [-0.3, -0.25) is 0 Å². The van der Waals surface area contributed by atoms with E-state index in [1.54, 1.807) is 0 Å². The van der Waals surface area contributed by atoms with Crippen LogP contribution in [0.3, 0.4) is 0 Å². The summed E-state index contributed by atoms with van der Waals surface area (Å²) in [5.41, 5.74) is 8.60. The molecular weight excluding hydrogens is 749 g/mol. The minimum absolute atomic E-state index is 0. The minimum atomic E-state index is 0. The number of hydrogen-bond donors (Lipinski definition) is 0. The van der Waals surface area contributed by atoms with E-state index in [9.17, 15) is 0 Å². The molecule has 6 rings (SSSR count). The van der Waals surface area contributed by atoms with Gasteiger partial charge in [-0.15, -0.1) is 59.2 Å². The van der Waals surface area contributed by atoms with Crippen LogP contribution in [0, 0.1) is 12.1 Å². The van der Waals surface area contributed by atoms with Gasteiger partial charge in [0.1, 0.15) is 0 Å². The second kappa shape index (κ2) is 14.6. The first-order chi connectivity index (χ1) is 21.8. The normalized spacial score (nSPS) is 11.9. The number of fused-ring (bicyclic) bond motifs is 3. The molecule has 0 aliphatic carbocycles. The monoisotopic (exact) mass is 797 g/mol. The van der Waals surface area contributed by atoms with E-state index in [1.807, 2.05) is 18.5 Å². The van der Waals surface area contributed by atoms with Crippen molar-refractivity contribution in [3.05, 3.63) is 132 Å². The van der Waals surface area contributed by atoms with Crippen molar-refractivity contribution >= 4 is 21.5 Å². The maximum absolute atomic E-state index is 4.58. The second-order valence-corrected chi connectivity index (χ2v) is 14.7. The van der Waals surface area contributed by atoms with Crippen LogP contribution in [0.4, 0.5) is 0 Å². The van der Waals surface area contributed by atoms with Gasteiger partial charge < -0.3 is 9.97 Å². The van der Waals surface area contributed by atoms with Gasteiger partial charge in [0.15, 0.2) is 0 Å². The molecule has 1 radical (unpaired) electrons. The predicted octanol–water partition coefficient (Wildman–Crippen LogP) is 12.1. The molecule has 4 aromatic carbocycles. The third kappa shape index (κ3) is 8.26. The van der Waals surface area contributed by atoms with Crippen molar-refractivity contribution in [3.63, 3.8) is 0 Å². The van der Waals surface area contributed by atoms with Crippen molar-refractivity contribution in [2.75, 3.05) is 0 Å². The molecule has 0 saturated heterocycles. The van der Waals surface area contributed by atoms with Crippen LogP contribution in [-0.2, 0) is 36.4 Å². The zero-order chi connectivity index (χ0) is 33.1. The summed E-state index contributed by atoms with van der Waals surface area (Å²) in [5.74, 6) is 0. The van der Waals surface area contributed by atoms with Gasteiger partial charge >= 0.3 is 0 Å². The molecule has 0 aliphatic heterocycles. The van der Waals surface area contributed by atoms with Crippen molar-refractivity contribution in [1.29, 1.82) is 0 Å². The maximum Gasteiger partial charge on any atom is 0.0163 e. The number of benzene rings is 4. The summed E-state index contributed by atoms with van der Waals surface area (Å²) >= 11 is 0. The average molecular weight is 797 g/mol. The van der Waals surface area contributed by atoms with E-state index in [4.69, 9.17) is 0 Å². The van der Waals surface area contributed by atoms with Crippen LogP contribution in [0.2, 0.25) is 0 Å². The molecule has 0 atom stereocenters. The molecule has 0 amide bonds. The molecule has 2 aromatic heterocycles. The van der Waals surface area contributed by atoms with E-state index in [1.165, 1.54) is 38.2 Å². The van der Waals surface area contributed by atoms with Gasteiger partial charge in [-0.1, -0.05) is 122 Å². The van der Waals surface area contributed by atoms with Gasteiger partial charge in [0.2, 0.25) is 0 Å². The molecular formula is C44H48IrN2-2. The molecule has 0 N–H and O–H groups in total. The topological polar surface area (TPSA) is 25.8 Å². The molecule has 0 saturated carbocycles. The summed E-state index contributed by atoms with van der Waals surface area (Å²) in [4.78, 5) is 9.15. The number of rotatable bonds is 6. The minimum Gasteiger partial charge on any atom is -0.305 e. The largest absolute Gasteiger partial charge is 0.305 e. The van der Waals surface area contributed by atoms with Crippen LogP contribution in [0.5, 0.6) is 0 Å². The van der Waals surface area contributed by atoms with Crippen LogP contribution < -0.4 is 0 Å². The van der Waals surface area contributed by atoms with E-state index < -0.39 is 0 Å².